The van der Waals surface area contributed by atoms with Gasteiger partial charge in [0.05, 0.1) is 10.0 Å². The summed E-state index contributed by atoms with van der Waals surface area (Å²) in [5, 5.41) is 11.4. The molecule has 1 aromatic heterocycles. The number of hydrogen-bond acceptors (Lipinski definition) is 4. The van der Waals surface area contributed by atoms with Crippen LogP contribution in [-0.2, 0) is 6.18 Å². The highest BCUT2D eigenvalue weighted by molar-refractivity contribution is 6.37. The Hall–Kier alpha value is -1.44. The molecule has 0 spiro atoms. The SMILES string of the molecule is Oc1c(Cl)cc(Nc2cc(Cl)nc(C(F)(F)F)n2)cc1Cl. The van der Waals surface area contributed by atoms with E-state index in [1.165, 1.54) is 12.1 Å². The molecule has 2 aromatic rings. The van der Waals surface area contributed by atoms with Crippen molar-refractivity contribution >= 4 is 46.3 Å². The molecule has 21 heavy (non-hydrogen) atoms. The topological polar surface area (TPSA) is 58.0 Å². The minimum Gasteiger partial charge on any atom is -0.505 e. The molecule has 4 nitrogen and oxygen atoms in total. The lowest BCUT2D eigenvalue weighted by molar-refractivity contribution is -0.144. The van der Waals surface area contributed by atoms with Crippen molar-refractivity contribution in [3.05, 3.63) is 39.2 Å². The molecule has 2 rings (SSSR count). The molecule has 0 aliphatic heterocycles. The maximum atomic E-state index is 12.6. The number of hydrogen-bond donors (Lipinski definition) is 2. The quantitative estimate of drug-likeness (QED) is 0.592. The maximum Gasteiger partial charge on any atom is 0.451 e. The Morgan fingerprint density at radius 2 is 1.57 bits per heavy atom. The highest BCUT2D eigenvalue weighted by Crippen LogP contribution is 2.36. The van der Waals surface area contributed by atoms with Gasteiger partial charge in [-0.25, -0.2) is 9.97 Å². The first-order chi connectivity index (χ1) is 9.66. The standard InChI is InChI=1S/C11H5Cl3F3N3O/c12-5-1-4(2-6(13)9(5)21)18-8-3-7(14)19-10(20-8)11(15,16)17/h1-3,21H,(H,18,19,20). The molecule has 1 aromatic carbocycles. The molecular weight excluding hydrogens is 353 g/mol. The van der Waals surface area contributed by atoms with Crippen LogP contribution in [0.2, 0.25) is 15.2 Å². The molecule has 0 bridgehead atoms. The van der Waals surface area contributed by atoms with E-state index in [1.807, 2.05) is 0 Å². The molecule has 0 saturated carbocycles. The Kier molecular flexibility index (Phi) is 4.36. The number of aromatic nitrogens is 2. The Bertz CT molecular complexity index is 671. The molecule has 0 atom stereocenters. The number of benzene rings is 1. The van der Waals surface area contributed by atoms with Crippen LogP contribution in [0.3, 0.4) is 0 Å². The number of aromatic hydroxyl groups is 1. The van der Waals surface area contributed by atoms with Gasteiger partial charge < -0.3 is 10.4 Å². The maximum absolute atomic E-state index is 12.6. The van der Waals surface area contributed by atoms with E-state index >= 15 is 0 Å². The van der Waals surface area contributed by atoms with Gasteiger partial charge in [-0.3, -0.25) is 0 Å². The molecule has 0 unspecified atom stereocenters. The second-order valence-corrected chi connectivity index (χ2v) is 5.01. The molecule has 0 fully saturated rings. The Labute approximate surface area is 131 Å². The van der Waals surface area contributed by atoms with E-state index in [0.717, 1.165) is 6.07 Å². The molecule has 112 valence electrons. The number of halogens is 6. The number of nitrogens with zero attached hydrogens (tertiary/aromatic N) is 2. The number of phenolic OH excluding ortho intramolecular Hbond substituents is 1. The molecule has 0 saturated heterocycles. The lowest BCUT2D eigenvalue weighted by atomic mass is 10.3. The van der Waals surface area contributed by atoms with Gasteiger partial charge >= 0.3 is 6.18 Å². The van der Waals surface area contributed by atoms with Gasteiger partial charge in [0.15, 0.2) is 5.75 Å². The summed E-state index contributed by atoms with van der Waals surface area (Å²) in [5.41, 5.74) is 0.227. The first kappa shape index (κ1) is 15.9. The smallest absolute Gasteiger partial charge is 0.451 e. The minimum atomic E-state index is -4.73. The predicted molar refractivity (Wildman–Crippen MR) is 73.5 cm³/mol. The fourth-order valence-electron chi connectivity index (χ4n) is 1.39. The fraction of sp³-hybridized carbons (Fsp3) is 0.0909. The van der Waals surface area contributed by atoms with Crippen LogP contribution in [0.1, 0.15) is 5.82 Å². The van der Waals surface area contributed by atoms with Gasteiger partial charge in [-0.05, 0) is 12.1 Å². The summed E-state index contributed by atoms with van der Waals surface area (Å²) in [4.78, 5) is 6.39. The molecule has 0 aliphatic rings. The largest absolute Gasteiger partial charge is 0.505 e. The molecule has 10 heteroatoms. The van der Waals surface area contributed by atoms with Gasteiger partial charge in [-0.1, -0.05) is 34.8 Å². The van der Waals surface area contributed by atoms with Crippen LogP contribution in [0, 0.1) is 0 Å². The minimum absolute atomic E-state index is 0.0683. The van der Waals surface area contributed by atoms with Gasteiger partial charge in [0.25, 0.3) is 0 Å². The second-order valence-electron chi connectivity index (χ2n) is 3.81. The van der Waals surface area contributed by atoms with Crippen molar-refractivity contribution in [2.24, 2.45) is 0 Å². The monoisotopic (exact) mass is 357 g/mol. The predicted octanol–water partition coefficient (Wildman–Crippen LogP) is 4.90. The fourth-order valence-corrected chi connectivity index (χ4v) is 2.06. The Morgan fingerprint density at radius 3 is 2.10 bits per heavy atom. The van der Waals surface area contributed by atoms with E-state index in [2.05, 4.69) is 15.3 Å². The first-order valence-electron chi connectivity index (χ1n) is 5.23. The summed E-state index contributed by atoms with van der Waals surface area (Å²) in [6.45, 7) is 0. The van der Waals surface area contributed by atoms with Gasteiger partial charge in [0.2, 0.25) is 5.82 Å². The molecule has 0 amide bonds. The number of anilines is 2. The molecule has 2 N–H and O–H groups in total. The lowest BCUT2D eigenvalue weighted by Gasteiger charge is -2.11. The van der Waals surface area contributed by atoms with Gasteiger partial charge in [0, 0.05) is 11.8 Å². The summed E-state index contributed by atoms with van der Waals surface area (Å²) in [5.74, 6) is -1.91. The summed E-state index contributed by atoms with van der Waals surface area (Å²) >= 11 is 16.9. The van der Waals surface area contributed by atoms with Crippen LogP contribution in [0.25, 0.3) is 0 Å². The Morgan fingerprint density at radius 1 is 1.00 bits per heavy atom. The molecule has 1 heterocycles. The molecular formula is C11H5Cl3F3N3O. The van der Waals surface area contributed by atoms with Crippen LogP contribution in [-0.4, -0.2) is 15.1 Å². The average Bonchev–Trinajstić information content (AvgIpc) is 2.34. The summed E-state index contributed by atoms with van der Waals surface area (Å²) in [7, 11) is 0. The lowest BCUT2D eigenvalue weighted by Crippen LogP contribution is -2.12. The van der Waals surface area contributed by atoms with Gasteiger partial charge in [-0.2, -0.15) is 13.2 Å². The third kappa shape index (κ3) is 3.81. The van der Waals surface area contributed by atoms with E-state index in [4.69, 9.17) is 34.8 Å². The number of nitrogens with one attached hydrogen (secondary N) is 1. The summed E-state index contributed by atoms with van der Waals surface area (Å²) in [6.07, 6.45) is -4.73. The number of rotatable bonds is 2. The van der Waals surface area contributed by atoms with E-state index in [-0.39, 0.29) is 32.5 Å². The van der Waals surface area contributed by atoms with Crippen LogP contribution in [0.15, 0.2) is 18.2 Å². The van der Waals surface area contributed by atoms with Crippen molar-refractivity contribution in [2.75, 3.05) is 5.32 Å². The van der Waals surface area contributed by atoms with Crippen molar-refractivity contribution in [3.63, 3.8) is 0 Å². The zero-order valence-corrected chi connectivity index (χ0v) is 12.1. The third-order valence-electron chi connectivity index (χ3n) is 2.24. The van der Waals surface area contributed by atoms with Crippen LogP contribution >= 0.6 is 34.8 Å². The number of alkyl halides is 3. The third-order valence-corrected chi connectivity index (χ3v) is 3.01. The molecule has 0 aliphatic carbocycles. The van der Waals surface area contributed by atoms with Crippen LogP contribution in [0.5, 0.6) is 5.75 Å². The van der Waals surface area contributed by atoms with E-state index < -0.39 is 12.0 Å². The van der Waals surface area contributed by atoms with E-state index in [0.29, 0.717) is 0 Å². The van der Waals surface area contributed by atoms with Crippen LogP contribution in [0.4, 0.5) is 24.7 Å². The first-order valence-corrected chi connectivity index (χ1v) is 6.37. The molecule has 0 radical (unpaired) electrons. The Balaban J connectivity index is 2.38. The van der Waals surface area contributed by atoms with Crippen molar-refractivity contribution in [2.45, 2.75) is 6.18 Å². The normalized spacial score (nSPS) is 11.5. The number of phenols is 1. The highest BCUT2D eigenvalue weighted by atomic mass is 35.5. The summed E-state index contributed by atoms with van der Waals surface area (Å²) in [6, 6.07) is 3.64. The zero-order valence-electron chi connectivity index (χ0n) is 9.84. The summed E-state index contributed by atoms with van der Waals surface area (Å²) < 4.78 is 37.7. The van der Waals surface area contributed by atoms with Gasteiger partial charge in [0.1, 0.15) is 11.0 Å². The van der Waals surface area contributed by atoms with Crippen molar-refractivity contribution in [3.8, 4) is 5.75 Å². The highest BCUT2D eigenvalue weighted by Gasteiger charge is 2.35. The van der Waals surface area contributed by atoms with Crippen LogP contribution < -0.4 is 5.32 Å². The van der Waals surface area contributed by atoms with Crippen molar-refractivity contribution in [1.29, 1.82) is 0 Å². The van der Waals surface area contributed by atoms with Gasteiger partial charge in [-0.15, -0.1) is 0 Å². The second kappa shape index (κ2) is 5.75. The zero-order chi connectivity index (χ0) is 15.8. The van der Waals surface area contributed by atoms with Crippen molar-refractivity contribution in [1.82, 2.24) is 9.97 Å². The van der Waals surface area contributed by atoms with E-state index in [9.17, 15) is 18.3 Å². The average molecular weight is 359 g/mol. The van der Waals surface area contributed by atoms with Crippen molar-refractivity contribution < 1.29 is 18.3 Å². The van der Waals surface area contributed by atoms with E-state index in [1.54, 1.807) is 0 Å².